The molecule has 1 N–H and O–H groups in total. The highest BCUT2D eigenvalue weighted by Crippen LogP contribution is 2.33. The van der Waals surface area contributed by atoms with Crippen LogP contribution in [0.15, 0.2) is 49.1 Å². The van der Waals surface area contributed by atoms with E-state index in [1.807, 2.05) is 6.07 Å². The molecule has 1 fully saturated rings. The lowest BCUT2D eigenvalue weighted by molar-refractivity contribution is 0.109. The number of hydrogen-bond acceptors (Lipinski definition) is 6. The predicted molar refractivity (Wildman–Crippen MR) is 94.7 cm³/mol. The summed E-state index contributed by atoms with van der Waals surface area (Å²) < 4.78 is 19.1. The highest BCUT2D eigenvalue weighted by Gasteiger charge is 2.24. The molecule has 3 aromatic rings. The van der Waals surface area contributed by atoms with Crippen molar-refractivity contribution in [2.24, 2.45) is 0 Å². The van der Waals surface area contributed by atoms with Crippen LogP contribution in [0, 0.1) is 5.82 Å². The Morgan fingerprint density at radius 2 is 2.15 bits per heavy atom. The number of nitrogens with one attached hydrogen (secondary N) is 1. The molecule has 6 nitrogen and oxygen atoms in total. The van der Waals surface area contributed by atoms with Gasteiger partial charge in [0.25, 0.3) is 0 Å². The summed E-state index contributed by atoms with van der Waals surface area (Å²) in [7, 11) is 0. The van der Waals surface area contributed by atoms with E-state index in [0.717, 1.165) is 42.0 Å². The molecule has 0 spiro atoms. The van der Waals surface area contributed by atoms with Gasteiger partial charge in [-0.1, -0.05) is 12.1 Å². The fraction of sp³-hybridized carbons (Fsp3) is 0.263. The molecular formula is C19H18FN5O. The number of rotatable bonds is 5. The number of aromatic nitrogens is 4. The monoisotopic (exact) mass is 351 g/mol. The summed E-state index contributed by atoms with van der Waals surface area (Å²) in [5.74, 6) is 0.218. The zero-order valence-corrected chi connectivity index (χ0v) is 14.1. The highest BCUT2D eigenvalue weighted by molar-refractivity contribution is 5.61. The van der Waals surface area contributed by atoms with E-state index in [1.165, 1.54) is 12.1 Å². The Morgan fingerprint density at radius 1 is 1.19 bits per heavy atom. The third-order valence-electron chi connectivity index (χ3n) is 4.23. The summed E-state index contributed by atoms with van der Waals surface area (Å²) in [6.45, 7) is 1.16. The smallest absolute Gasteiger partial charge is 0.223 e. The molecule has 1 aliphatic rings. The first-order valence-electron chi connectivity index (χ1n) is 8.53. The minimum atomic E-state index is -0.261. The van der Waals surface area contributed by atoms with Crippen LogP contribution in [0.2, 0.25) is 0 Å². The number of hydrogen-bond donors (Lipinski definition) is 1. The lowest BCUT2D eigenvalue weighted by Gasteiger charge is -2.15. The molecule has 0 amide bonds. The molecule has 132 valence electrons. The highest BCUT2D eigenvalue weighted by atomic mass is 19.1. The van der Waals surface area contributed by atoms with Crippen molar-refractivity contribution >= 4 is 5.95 Å². The van der Waals surface area contributed by atoms with Crippen molar-refractivity contribution in [1.29, 1.82) is 0 Å². The summed E-state index contributed by atoms with van der Waals surface area (Å²) >= 11 is 0. The fourth-order valence-corrected chi connectivity index (χ4v) is 2.98. The van der Waals surface area contributed by atoms with Crippen LogP contribution in [0.4, 0.5) is 10.3 Å². The number of nitrogens with zero attached hydrogens (tertiary/aromatic N) is 4. The number of halogens is 1. The molecule has 1 saturated heterocycles. The van der Waals surface area contributed by atoms with E-state index in [1.54, 1.807) is 30.9 Å². The molecule has 2 aromatic heterocycles. The molecule has 0 saturated carbocycles. The van der Waals surface area contributed by atoms with Gasteiger partial charge in [-0.05, 0) is 30.5 Å². The average Bonchev–Trinajstić information content (AvgIpc) is 3.22. The SMILES string of the molecule is Fc1cccc(CNc2ncc(-c3cnccn3)c([C@@H]3CCCO3)n2)c1. The van der Waals surface area contributed by atoms with Crippen molar-refractivity contribution in [3.63, 3.8) is 0 Å². The van der Waals surface area contributed by atoms with Gasteiger partial charge in [-0.25, -0.2) is 14.4 Å². The number of ether oxygens (including phenoxy) is 1. The van der Waals surface area contributed by atoms with E-state index < -0.39 is 0 Å². The van der Waals surface area contributed by atoms with Crippen molar-refractivity contribution in [2.45, 2.75) is 25.5 Å². The standard InChI is InChI=1S/C19H18FN5O/c20-14-4-1-3-13(9-14)10-23-19-24-11-15(16-12-21-6-7-22-16)18(25-19)17-5-2-8-26-17/h1,3-4,6-7,9,11-12,17H,2,5,8,10H2,(H,23,24,25)/t17-/m0/s1. The Kier molecular flexibility index (Phi) is 4.79. The first-order valence-corrected chi connectivity index (χ1v) is 8.53. The summed E-state index contributed by atoms with van der Waals surface area (Å²) in [6.07, 6.45) is 8.54. The molecule has 26 heavy (non-hydrogen) atoms. The van der Waals surface area contributed by atoms with E-state index in [4.69, 9.17) is 4.74 Å². The molecule has 1 aliphatic heterocycles. The summed E-state index contributed by atoms with van der Waals surface area (Å²) in [4.78, 5) is 17.5. The molecular weight excluding hydrogens is 333 g/mol. The van der Waals surface area contributed by atoms with Crippen LogP contribution in [0.1, 0.15) is 30.2 Å². The van der Waals surface area contributed by atoms with Crippen molar-refractivity contribution in [3.8, 4) is 11.3 Å². The molecule has 7 heteroatoms. The first kappa shape index (κ1) is 16.5. The van der Waals surface area contributed by atoms with E-state index in [0.29, 0.717) is 12.5 Å². The van der Waals surface area contributed by atoms with Crippen LogP contribution >= 0.6 is 0 Å². The Morgan fingerprint density at radius 3 is 2.92 bits per heavy atom. The molecule has 0 aliphatic carbocycles. The summed E-state index contributed by atoms with van der Waals surface area (Å²) in [5.41, 5.74) is 3.17. The van der Waals surface area contributed by atoms with Gasteiger partial charge in [0.1, 0.15) is 11.9 Å². The lowest BCUT2D eigenvalue weighted by Crippen LogP contribution is -2.09. The molecule has 0 unspecified atom stereocenters. The molecule has 1 atom stereocenters. The van der Waals surface area contributed by atoms with Crippen LogP contribution in [-0.4, -0.2) is 26.5 Å². The van der Waals surface area contributed by atoms with Gasteiger partial charge >= 0.3 is 0 Å². The van der Waals surface area contributed by atoms with Gasteiger partial charge in [0.05, 0.1) is 17.6 Å². The Hall–Kier alpha value is -2.93. The van der Waals surface area contributed by atoms with Crippen molar-refractivity contribution in [1.82, 2.24) is 19.9 Å². The third kappa shape index (κ3) is 3.67. The zero-order valence-electron chi connectivity index (χ0n) is 14.1. The Labute approximate surface area is 150 Å². The van der Waals surface area contributed by atoms with Crippen molar-refractivity contribution in [2.75, 3.05) is 11.9 Å². The van der Waals surface area contributed by atoms with E-state index >= 15 is 0 Å². The van der Waals surface area contributed by atoms with Crippen molar-refractivity contribution < 1.29 is 9.13 Å². The molecule has 3 heterocycles. The lowest BCUT2D eigenvalue weighted by atomic mass is 10.1. The Balaban J connectivity index is 1.61. The van der Waals surface area contributed by atoms with Crippen molar-refractivity contribution in [3.05, 3.63) is 66.1 Å². The Bertz CT molecular complexity index is 884. The molecule has 4 rings (SSSR count). The minimum absolute atomic E-state index is 0.0790. The number of anilines is 1. The maximum atomic E-state index is 13.3. The van der Waals surface area contributed by atoms with Crippen LogP contribution in [0.5, 0.6) is 0 Å². The van der Waals surface area contributed by atoms with E-state index in [2.05, 4.69) is 25.3 Å². The van der Waals surface area contributed by atoms with Gasteiger partial charge in [-0.3, -0.25) is 9.97 Å². The van der Waals surface area contributed by atoms with Crippen LogP contribution in [0.25, 0.3) is 11.3 Å². The average molecular weight is 351 g/mol. The van der Waals surface area contributed by atoms with Crippen LogP contribution in [0.3, 0.4) is 0 Å². The van der Waals surface area contributed by atoms with Gasteiger partial charge < -0.3 is 10.1 Å². The normalized spacial score (nSPS) is 16.6. The largest absolute Gasteiger partial charge is 0.372 e. The molecule has 1 aromatic carbocycles. The minimum Gasteiger partial charge on any atom is -0.372 e. The maximum absolute atomic E-state index is 13.3. The molecule has 0 radical (unpaired) electrons. The third-order valence-corrected chi connectivity index (χ3v) is 4.23. The van der Waals surface area contributed by atoms with Gasteiger partial charge in [0.15, 0.2) is 0 Å². The van der Waals surface area contributed by atoms with Gasteiger partial charge in [-0.2, -0.15) is 0 Å². The summed E-state index contributed by atoms with van der Waals surface area (Å²) in [5, 5.41) is 3.15. The fourth-order valence-electron chi connectivity index (χ4n) is 2.98. The van der Waals surface area contributed by atoms with E-state index in [-0.39, 0.29) is 11.9 Å². The molecule has 0 bridgehead atoms. The quantitative estimate of drug-likeness (QED) is 0.758. The summed E-state index contributed by atoms with van der Waals surface area (Å²) in [6, 6.07) is 6.44. The number of benzene rings is 1. The second-order valence-corrected chi connectivity index (χ2v) is 6.07. The van der Waals surface area contributed by atoms with E-state index in [9.17, 15) is 4.39 Å². The first-order chi connectivity index (χ1) is 12.8. The van der Waals surface area contributed by atoms with Gasteiger partial charge in [-0.15, -0.1) is 0 Å². The second kappa shape index (κ2) is 7.53. The zero-order chi connectivity index (χ0) is 17.8. The topological polar surface area (TPSA) is 72.8 Å². The van der Waals surface area contributed by atoms with Crippen LogP contribution < -0.4 is 5.32 Å². The van der Waals surface area contributed by atoms with Gasteiger partial charge in [0.2, 0.25) is 5.95 Å². The predicted octanol–water partition coefficient (Wildman–Crippen LogP) is 3.54. The second-order valence-electron chi connectivity index (χ2n) is 6.07. The van der Waals surface area contributed by atoms with Crippen LogP contribution in [-0.2, 0) is 11.3 Å². The van der Waals surface area contributed by atoms with Gasteiger partial charge in [0, 0.05) is 37.3 Å². The maximum Gasteiger partial charge on any atom is 0.223 e.